The molecule has 1 aliphatic heterocycles. The van der Waals surface area contributed by atoms with Gasteiger partial charge in [-0.3, -0.25) is 14.4 Å². The Hall–Kier alpha value is -3.45. The van der Waals surface area contributed by atoms with Gasteiger partial charge in [0.15, 0.2) is 0 Å². The molecule has 0 saturated heterocycles. The lowest BCUT2D eigenvalue weighted by molar-refractivity contribution is -0.168. The van der Waals surface area contributed by atoms with Crippen LogP contribution < -0.4 is 0 Å². The van der Waals surface area contributed by atoms with Crippen LogP contribution in [0.5, 0.6) is 0 Å². The van der Waals surface area contributed by atoms with E-state index < -0.39 is 12.1 Å². The molecule has 7 heteroatoms. The van der Waals surface area contributed by atoms with E-state index in [1.54, 1.807) is 20.0 Å². The van der Waals surface area contributed by atoms with E-state index in [4.69, 9.17) is 0 Å². The predicted octanol–water partition coefficient (Wildman–Crippen LogP) is 3.70. The van der Waals surface area contributed by atoms with Crippen molar-refractivity contribution in [2.45, 2.75) is 53.1 Å². The SMILES string of the molecule is CC(=O)N([C@H](CO)Cc1ccccc1)N1C(=O)C(C(C)C)N(C(=O)C(C)C)C=C1c1ccccc1. The molecular weight excluding hydrogens is 442 g/mol. The summed E-state index contributed by atoms with van der Waals surface area (Å²) in [5.41, 5.74) is 2.04. The van der Waals surface area contributed by atoms with Crippen LogP contribution >= 0.6 is 0 Å². The van der Waals surface area contributed by atoms with Crippen molar-refractivity contribution in [2.75, 3.05) is 6.61 Å². The van der Waals surface area contributed by atoms with Crippen LogP contribution in [0.3, 0.4) is 0 Å². The van der Waals surface area contributed by atoms with Crippen molar-refractivity contribution in [1.82, 2.24) is 14.9 Å². The van der Waals surface area contributed by atoms with Gasteiger partial charge in [0.25, 0.3) is 5.91 Å². The lowest BCUT2D eigenvalue weighted by atomic mass is 9.96. The summed E-state index contributed by atoms with van der Waals surface area (Å²) in [5.74, 6) is -1.42. The van der Waals surface area contributed by atoms with Gasteiger partial charge in [-0.2, -0.15) is 0 Å². The van der Waals surface area contributed by atoms with E-state index in [0.717, 1.165) is 5.56 Å². The van der Waals surface area contributed by atoms with Crippen LogP contribution in [0.15, 0.2) is 66.9 Å². The average Bonchev–Trinajstić information content (AvgIpc) is 2.84. The highest BCUT2D eigenvalue weighted by Crippen LogP contribution is 2.33. The summed E-state index contributed by atoms with van der Waals surface area (Å²) in [6.07, 6.45) is 2.04. The Kier molecular flexibility index (Phi) is 8.46. The lowest BCUT2D eigenvalue weighted by Crippen LogP contribution is -2.63. The van der Waals surface area contributed by atoms with Gasteiger partial charge in [0.1, 0.15) is 6.04 Å². The normalized spacial score (nSPS) is 17.0. The summed E-state index contributed by atoms with van der Waals surface area (Å²) in [7, 11) is 0. The van der Waals surface area contributed by atoms with Gasteiger partial charge in [-0.15, -0.1) is 0 Å². The van der Waals surface area contributed by atoms with E-state index >= 15 is 0 Å². The predicted molar refractivity (Wildman–Crippen MR) is 135 cm³/mol. The summed E-state index contributed by atoms with van der Waals surface area (Å²) < 4.78 is 0. The second-order valence-electron chi connectivity index (χ2n) is 9.51. The number of hydrogen-bond acceptors (Lipinski definition) is 4. The van der Waals surface area contributed by atoms with Crippen molar-refractivity contribution in [2.24, 2.45) is 11.8 Å². The standard InChI is InChI=1S/C28H35N3O4/c1-19(2)26-28(35)31(30(21(5)33)24(18-32)16-22-12-8-6-9-13-22)25(23-14-10-7-11-15-23)17-29(26)27(34)20(3)4/h6-15,17,19-20,24,26,32H,16,18H2,1-5H3/t24-,26?/m0/s1. The fourth-order valence-electron chi connectivity index (χ4n) is 4.44. The maximum absolute atomic E-state index is 14.1. The number of carbonyl (C=O) groups excluding carboxylic acids is 3. The molecule has 1 heterocycles. The molecule has 1 unspecified atom stereocenters. The molecule has 0 radical (unpaired) electrons. The summed E-state index contributed by atoms with van der Waals surface area (Å²) >= 11 is 0. The molecule has 0 saturated carbocycles. The van der Waals surface area contributed by atoms with Crippen molar-refractivity contribution >= 4 is 23.4 Å². The van der Waals surface area contributed by atoms with E-state index in [0.29, 0.717) is 17.7 Å². The topological polar surface area (TPSA) is 81.2 Å². The first kappa shape index (κ1) is 26.2. The van der Waals surface area contributed by atoms with Gasteiger partial charge in [-0.1, -0.05) is 88.4 Å². The fraction of sp³-hybridized carbons (Fsp3) is 0.393. The Morgan fingerprint density at radius 1 is 0.971 bits per heavy atom. The number of hydrazine groups is 1. The maximum Gasteiger partial charge on any atom is 0.269 e. The first-order chi connectivity index (χ1) is 16.7. The highest BCUT2D eigenvalue weighted by molar-refractivity contribution is 5.98. The highest BCUT2D eigenvalue weighted by Gasteiger charge is 2.45. The minimum atomic E-state index is -0.782. The number of amides is 3. The van der Waals surface area contributed by atoms with Gasteiger partial charge in [0, 0.05) is 24.6 Å². The maximum atomic E-state index is 14.1. The summed E-state index contributed by atoms with van der Waals surface area (Å²) in [4.78, 5) is 41.9. The smallest absolute Gasteiger partial charge is 0.269 e. The van der Waals surface area contributed by atoms with Gasteiger partial charge in [-0.05, 0) is 17.9 Å². The largest absolute Gasteiger partial charge is 0.394 e. The van der Waals surface area contributed by atoms with Gasteiger partial charge in [0.05, 0.1) is 18.3 Å². The number of rotatable bonds is 8. The minimum absolute atomic E-state index is 0.164. The Bertz CT molecular complexity index is 1070. The summed E-state index contributed by atoms with van der Waals surface area (Å²) in [5, 5.41) is 13.1. The quantitative estimate of drug-likeness (QED) is 0.629. The number of nitrogens with zero attached hydrogens (tertiary/aromatic N) is 3. The van der Waals surface area contributed by atoms with Crippen LogP contribution in [0.25, 0.3) is 5.70 Å². The molecule has 2 aromatic carbocycles. The fourth-order valence-corrected chi connectivity index (χ4v) is 4.44. The van der Waals surface area contributed by atoms with Crippen LogP contribution in [0.1, 0.15) is 45.7 Å². The van der Waals surface area contributed by atoms with Gasteiger partial charge < -0.3 is 10.0 Å². The second-order valence-corrected chi connectivity index (χ2v) is 9.51. The van der Waals surface area contributed by atoms with Gasteiger partial charge >= 0.3 is 0 Å². The van der Waals surface area contributed by atoms with E-state index in [1.165, 1.54) is 21.8 Å². The zero-order valence-corrected chi connectivity index (χ0v) is 21.1. The summed E-state index contributed by atoms with van der Waals surface area (Å²) in [6.45, 7) is 8.43. The monoisotopic (exact) mass is 477 g/mol. The molecule has 0 aromatic heterocycles. The molecule has 3 rings (SSSR count). The second kappa shape index (κ2) is 11.3. The van der Waals surface area contributed by atoms with Crippen LogP contribution in [-0.4, -0.2) is 56.4 Å². The number of carbonyl (C=O) groups is 3. The molecule has 0 spiro atoms. The molecular formula is C28H35N3O4. The zero-order valence-electron chi connectivity index (χ0n) is 21.1. The van der Waals surface area contributed by atoms with Crippen LogP contribution in [0.2, 0.25) is 0 Å². The molecule has 0 fully saturated rings. The van der Waals surface area contributed by atoms with E-state index in [-0.39, 0.29) is 36.2 Å². The van der Waals surface area contributed by atoms with Crippen molar-refractivity contribution in [3.05, 3.63) is 78.0 Å². The molecule has 1 aliphatic rings. The third-order valence-corrected chi connectivity index (χ3v) is 6.11. The Balaban J connectivity index is 2.19. The third kappa shape index (κ3) is 5.62. The number of benzene rings is 2. The Labute approximate surface area is 207 Å². The number of hydrogen-bond donors (Lipinski definition) is 1. The molecule has 7 nitrogen and oxygen atoms in total. The third-order valence-electron chi connectivity index (χ3n) is 6.11. The Morgan fingerprint density at radius 2 is 1.54 bits per heavy atom. The zero-order chi connectivity index (χ0) is 25.7. The van der Waals surface area contributed by atoms with E-state index in [9.17, 15) is 19.5 Å². The molecule has 35 heavy (non-hydrogen) atoms. The average molecular weight is 478 g/mol. The van der Waals surface area contributed by atoms with Crippen LogP contribution in [0, 0.1) is 11.8 Å². The van der Waals surface area contributed by atoms with E-state index in [2.05, 4.69) is 0 Å². The van der Waals surface area contributed by atoms with Crippen LogP contribution in [-0.2, 0) is 20.8 Å². The van der Waals surface area contributed by atoms with E-state index in [1.807, 2.05) is 74.5 Å². The first-order valence-corrected chi connectivity index (χ1v) is 12.0. The summed E-state index contributed by atoms with van der Waals surface area (Å²) in [6, 6.07) is 17.3. The number of aliphatic hydroxyl groups excluding tert-OH is 1. The first-order valence-electron chi connectivity index (χ1n) is 12.0. The number of aliphatic hydroxyl groups is 1. The van der Waals surface area contributed by atoms with Crippen molar-refractivity contribution in [3.8, 4) is 0 Å². The molecule has 2 atom stereocenters. The van der Waals surface area contributed by atoms with Gasteiger partial charge in [0.2, 0.25) is 11.8 Å². The van der Waals surface area contributed by atoms with Crippen molar-refractivity contribution in [1.29, 1.82) is 0 Å². The van der Waals surface area contributed by atoms with Crippen LogP contribution in [0.4, 0.5) is 0 Å². The molecule has 1 N–H and O–H groups in total. The molecule has 186 valence electrons. The Morgan fingerprint density at radius 3 is 2.03 bits per heavy atom. The molecule has 3 amide bonds. The van der Waals surface area contributed by atoms with Crippen molar-refractivity contribution < 1.29 is 19.5 Å². The van der Waals surface area contributed by atoms with Gasteiger partial charge in [-0.25, -0.2) is 10.0 Å². The van der Waals surface area contributed by atoms with Crippen molar-refractivity contribution in [3.63, 3.8) is 0 Å². The molecule has 0 bridgehead atoms. The molecule has 0 aliphatic carbocycles. The minimum Gasteiger partial charge on any atom is -0.394 e. The molecule has 2 aromatic rings. The lowest BCUT2D eigenvalue weighted by Gasteiger charge is -2.47. The highest BCUT2D eigenvalue weighted by atomic mass is 16.3.